The lowest BCUT2D eigenvalue weighted by Crippen LogP contribution is -2.13. The molecule has 1 aliphatic carbocycles. The molecule has 1 heterocycles. The van der Waals surface area contributed by atoms with Gasteiger partial charge in [0.1, 0.15) is 6.07 Å². The summed E-state index contributed by atoms with van der Waals surface area (Å²) in [5.74, 6) is -0.518. The number of rotatable bonds is 1. The van der Waals surface area contributed by atoms with Crippen LogP contribution in [0.4, 0.5) is 5.69 Å². The van der Waals surface area contributed by atoms with Crippen LogP contribution in [-0.4, -0.2) is 18.1 Å². The molecule has 0 fully saturated rings. The quantitative estimate of drug-likeness (QED) is 0.527. The van der Waals surface area contributed by atoms with Gasteiger partial charge in [0, 0.05) is 16.5 Å². The summed E-state index contributed by atoms with van der Waals surface area (Å²) in [4.78, 5) is 15.5. The van der Waals surface area contributed by atoms with Crippen molar-refractivity contribution in [2.75, 3.05) is 12.8 Å². The first-order valence-electron chi connectivity index (χ1n) is 8.11. The van der Waals surface area contributed by atoms with Crippen molar-refractivity contribution in [3.05, 3.63) is 52.1 Å². The molecule has 0 amide bonds. The SMILES string of the molecule is COC(=O)c1cc2c(c(C#N)c1N)-c1[nH]c3c(C)cccc3c1CC2. The second-order valence-corrected chi connectivity index (χ2v) is 6.33. The Kier molecular flexibility index (Phi) is 3.29. The molecule has 0 atom stereocenters. The number of fused-ring (bicyclic) bond motifs is 5. The molecule has 2 aromatic carbocycles. The minimum absolute atomic E-state index is 0.177. The van der Waals surface area contributed by atoms with Crippen molar-refractivity contribution in [2.45, 2.75) is 19.8 Å². The zero-order valence-corrected chi connectivity index (χ0v) is 14.1. The maximum atomic E-state index is 12.0. The van der Waals surface area contributed by atoms with E-state index in [2.05, 4.69) is 30.1 Å². The Bertz CT molecular complexity index is 1090. The number of nitriles is 1. The Morgan fingerprint density at radius 1 is 1.36 bits per heavy atom. The molecule has 3 aromatic rings. The fraction of sp³-hybridized carbons (Fsp3) is 0.200. The van der Waals surface area contributed by atoms with E-state index in [9.17, 15) is 10.1 Å². The van der Waals surface area contributed by atoms with Crippen molar-refractivity contribution in [2.24, 2.45) is 0 Å². The van der Waals surface area contributed by atoms with Gasteiger partial charge in [-0.2, -0.15) is 5.26 Å². The molecule has 0 aliphatic heterocycles. The minimum atomic E-state index is -0.518. The standard InChI is InChI=1S/C20H17N3O2/c1-10-4-3-5-12-13-7-6-11-8-14(20(24)25-2)17(22)15(9-21)16(11)19(13)23-18(10)12/h3-5,8,23H,6-7,22H2,1-2H3. The second-order valence-electron chi connectivity index (χ2n) is 6.33. The molecular weight excluding hydrogens is 314 g/mol. The van der Waals surface area contributed by atoms with Gasteiger partial charge in [0.2, 0.25) is 0 Å². The molecule has 0 radical (unpaired) electrons. The number of H-pyrrole nitrogens is 1. The summed E-state index contributed by atoms with van der Waals surface area (Å²) in [6, 6.07) is 10.2. The molecule has 1 aromatic heterocycles. The van der Waals surface area contributed by atoms with Crippen LogP contribution in [0, 0.1) is 18.3 Å². The molecule has 0 spiro atoms. The number of nitrogens with zero attached hydrogens (tertiary/aromatic N) is 1. The number of carbonyl (C=O) groups is 1. The van der Waals surface area contributed by atoms with Crippen LogP contribution < -0.4 is 5.73 Å². The van der Waals surface area contributed by atoms with E-state index in [1.165, 1.54) is 18.1 Å². The number of nitrogens with two attached hydrogens (primary N) is 1. The van der Waals surface area contributed by atoms with Gasteiger partial charge in [-0.1, -0.05) is 18.2 Å². The number of ether oxygens (including phenoxy) is 1. The van der Waals surface area contributed by atoms with E-state index in [0.29, 0.717) is 5.56 Å². The lowest BCUT2D eigenvalue weighted by molar-refractivity contribution is 0.0602. The van der Waals surface area contributed by atoms with Crippen molar-refractivity contribution >= 4 is 22.6 Å². The monoisotopic (exact) mass is 331 g/mol. The highest BCUT2D eigenvalue weighted by Gasteiger charge is 2.28. The summed E-state index contributed by atoms with van der Waals surface area (Å²) in [5, 5.41) is 10.9. The number of aromatic nitrogens is 1. The van der Waals surface area contributed by atoms with Gasteiger partial charge in [0.05, 0.1) is 29.6 Å². The molecular formula is C20H17N3O2. The van der Waals surface area contributed by atoms with Crippen molar-refractivity contribution in [1.82, 2.24) is 4.98 Å². The van der Waals surface area contributed by atoms with Crippen molar-refractivity contribution in [3.8, 4) is 17.3 Å². The third-order valence-electron chi connectivity index (χ3n) is 5.01. The van der Waals surface area contributed by atoms with Crippen molar-refractivity contribution in [3.63, 3.8) is 0 Å². The fourth-order valence-corrected chi connectivity index (χ4v) is 3.78. The summed E-state index contributed by atoms with van der Waals surface area (Å²) in [7, 11) is 1.31. The van der Waals surface area contributed by atoms with Gasteiger partial charge in [-0.05, 0) is 42.5 Å². The Hall–Kier alpha value is -3.26. The van der Waals surface area contributed by atoms with E-state index >= 15 is 0 Å². The van der Waals surface area contributed by atoms with Gasteiger partial charge in [-0.25, -0.2) is 4.79 Å². The Morgan fingerprint density at radius 3 is 2.88 bits per heavy atom. The van der Waals surface area contributed by atoms with Gasteiger partial charge in [0.15, 0.2) is 0 Å². The molecule has 0 saturated carbocycles. The fourth-order valence-electron chi connectivity index (χ4n) is 3.78. The average Bonchev–Trinajstić information content (AvgIpc) is 3.01. The van der Waals surface area contributed by atoms with Gasteiger partial charge >= 0.3 is 5.97 Å². The van der Waals surface area contributed by atoms with Crippen LogP contribution in [0.25, 0.3) is 22.2 Å². The van der Waals surface area contributed by atoms with Crippen LogP contribution in [0.3, 0.4) is 0 Å². The molecule has 5 nitrogen and oxygen atoms in total. The van der Waals surface area contributed by atoms with Crippen LogP contribution in [0.2, 0.25) is 0 Å². The smallest absolute Gasteiger partial charge is 0.340 e. The molecule has 25 heavy (non-hydrogen) atoms. The van der Waals surface area contributed by atoms with E-state index in [0.717, 1.165) is 40.7 Å². The summed E-state index contributed by atoms with van der Waals surface area (Å²) in [6.07, 6.45) is 1.60. The number of esters is 1. The lowest BCUT2D eigenvalue weighted by atomic mass is 9.84. The molecule has 0 unspecified atom stereocenters. The van der Waals surface area contributed by atoms with Crippen LogP contribution >= 0.6 is 0 Å². The second kappa shape index (κ2) is 5.38. The van der Waals surface area contributed by atoms with Gasteiger partial charge in [0.25, 0.3) is 0 Å². The normalized spacial score (nSPS) is 12.4. The number of benzene rings is 2. The predicted octanol–water partition coefficient (Wildman–Crippen LogP) is 3.48. The summed E-state index contributed by atoms with van der Waals surface area (Å²) in [6.45, 7) is 2.06. The van der Waals surface area contributed by atoms with Crippen molar-refractivity contribution < 1.29 is 9.53 Å². The van der Waals surface area contributed by atoms with E-state index in [-0.39, 0.29) is 11.3 Å². The van der Waals surface area contributed by atoms with Gasteiger partial charge < -0.3 is 15.5 Å². The predicted molar refractivity (Wildman–Crippen MR) is 96.3 cm³/mol. The number of hydrogen-bond donors (Lipinski definition) is 2. The maximum absolute atomic E-state index is 12.0. The number of nitrogen functional groups attached to an aromatic ring is 1. The summed E-state index contributed by atoms with van der Waals surface area (Å²) in [5.41, 5.74) is 13.0. The zero-order valence-electron chi connectivity index (χ0n) is 14.1. The van der Waals surface area contributed by atoms with E-state index in [4.69, 9.17) is 10.5 Å². The lowest BCUT2D eigenvalue weighted by Gasteiger charge is -2.20. The number of aryl methyl sites for hydroxylation is 3. The Balaban J connectivity index is 2.07. The van der Waals surface area contributed by atoms with Crippen LogP contribution in [0.5, 0.6) is 0 Å². The first-order valence-corrected chi connectivity index (χ1v) is 8.11. The highest BCUT2D eigenvalue weighted by molar-refractivity contribution is 6.01. The summed E-state index contributed by atoms with van der Waals surface area (Å²) >= 11 is 0. The number of carbonyl (C=O) groups excluding carboxylic acids is 1. The number of methoxy groups -OCH3 is 1. The van der Waals surface area contributed by atoms with Crippen LogP contribution in [0.1, 0.15) is 32.6 Å². The number of para-hydroxylation sites is 1. The van der Waals surface area contributed by atoms with Crippen LogP contribution in [0.15, 0.2) is 24.3 Å². The number of aromatic amines is 1. The first-order chi connectivity index (χ1) is 12.1. The largest absolute Gasteiger partial charge is 0.465 e. The number of anilines is 1. The molecule has 3 N–H and O–H groups in total. The van der Waals surface area contributed by atoms with Gasteiger partial charge in [-0.3, -0.25) is 0 Å². The van der Waals surface area contributed by atoms with E-state index in [1.54, 1.807) is 6.07 Å². The first kappa shape index (κ1) is 15.3. The van der Waals surface area contributed by atoms with Gasteiger partial charge in [-0.15, -0.1) is 0 Å². The zero-order chi connectivity index (χ0) is 17.7. The van der Waals surface area contributed by atoms with Crippen LogP contribution in [-0.2, 0) is 17.6 Å². The Morgan fingerprint density at radius 2 is 2.16 bits per heavy atom. The Labute approximate surface area is 145 Å². The van der Waals surface area contributed by atoms with Crippen molar-refractivity contribution in [1.29, 1.82) is 5.26 Å². The highest BCUT2D eigenvalue weighted by atomic mass is 16.5. The average molecular weight is 331 g/mol. The molecule has 1 aliphatic rings. The van der Waals surface area contributed by atoms with E-state index in [1.807, 2.05) is 6.07 Å². The minimum Gasteiger partial charge on any atom is -0.465 e. The third-order valence-corrected chi connectivity index (χ3v) is 5.01. The maximum Gasteiger partial charge on any atom is 0.340 e. The third kappa shape index (κ3) is 2.04. The molecule has 0 saturated heterocycles. The molecule has 124 valence electrons. The summed E-state index contributed by atoms with van der Waals surface area (Å²) < 4.78 is 4.80. The molecule has 5 heteroatoms. The number of hydrogen-bond acceptors (Lipinski definition) is 4. The topological polar surface area (TPSA) is 91.9 Å². The molecule has 4 rings (SSSR count). The molecule has 0 bridgehead atoms. The van der Waals surface area contributed by atoms with E-state index < -0.39 is 5.97 Å². The highest BCUT2D eigenvalue weighted by Crippen LogP contribution is 2.42. The number of nitrogens with one attached hydrogen (secondary N) is 1.